The molecule has 0 aliphatic carbocycles. The van der Waals surface area contributed by atoms with Gasteiger partial charge in [0.2, 0.25) is 0 Å². The van der Waals surface area contributed by atoms with Gasteiger partial charge >= 0.3 is 5.97 Å². The van der Waals surface area contributed by atoms with Crippen LogP contribution in [0.3, 0.4) is 0 Å². The molecule has 2 aliphatic rings. The van der Waals surface area contributed by atoms with Gasteiger partial charge < -0.3 is 26.0 Å². The van der Waals surface area contributed by atoms with Crippen LogP contribution in [0.2, 0.25) is 5.02 Å². The van der Waals surface area contributed by atoms with E-state index in [0.717, 1.165) is 52.4 Å². The normalized spacial score (nSPS) is 18.3. The van der Waals surface area contributed by atoms with E-state index >= 15 is 0 Å². The topological polar surface area (TPSA) is 89.5 Å². The minimum Gasteiger partial charge on any atom is -0.478 e. The number of rotatable bonds is 2. The predicted molar refractivity (Wildman–Crippen MR) is 87.0 cm³/mol. The maximum atomic E-state index is 10.7. The van der Waals surface area contributed by atoms with Crippen LogP contribution in [-0.2, 0) is 0 Å². The monoisotopic (exact) mass is 327 g/mol. The zero-order chi connectivity index (χ0) is 15.8. The second-order valence-corrected chi connectivity index (χ2v) is 5.48. The average Bonchev–Trinajstić information content (AvgIpc) is 2.57. The van der Waals surface area contributed by atoms with Gasteiger partial charge in [0.1, 0.15) is 5.82 Å². The zero-order valence-electron chi connectivity index (χ0n) is 12.4. The molecule has 0 unspecified atom stereocenters. The van der Waals surface area contributed by atoms with Crippen molar-refractivity contribution in [3.05, 3.63) is 22.8 Å². The van der Waals surface area contributed by atoms with Gasteiger partial charge in [0.25, 0.3) is 0 Å². The molecule has 1 aromatic heterocycles. The minimum absolute atomic E-state index is 0.115. The summed E-state index contributed by atoms with van der Waals surface area (Å²) in [6, 6.07) is 1.44. The van der Waals surface area contributed by atoms with Gasteiger partial charge in [-0.15, -0.1) is 0 Å². The van der Waals surface area contributed by atoms with E-state index < -0.39 is 5.97 Å². The molecule has 0 atom stereocenters. The summed E-state index contributed by atoms with van der Waals surface area (Å²) in [5.41, 5.74) is 0.115. The summed E-state index contributed by atoms with van der Waals surface area (Å²) in [7, 11) is 0. The first-order valence-electron chi connectivity index (χ1n) is 7.44. The summed E-state index contributed by atoms with van der Waals surface area (Å²) >= 11 is 6.02. The van der Waals surface area contributed by atoms with Crippen LogP contribution in [0.5, 0.6) is 0 Å². The Morgan fingerprint density at radius 1 is 1.09 bits per heavy atom. The number of aromatic nitrogens is 1. The lowest BCUT2D eigenvalue weighted by Gasteiger charge is -2.29. The number of halogens is 1. The van der Waals surface area contributed by atoms with Gasteiger partial charge in [0, 0.05) is 58.6 Å². The zero-order valence-corrected chi connectivity index (χ0v) is 13.2. The Bertz CT molecular complexity index is 479. The summed E-state index contributed by atoms with van der Waals surface area (Å²) in [4.78, 5) is 16.9. The number of aromatic carboxylic acids is 1. The molecule has 2 aliphatic heterocycles. The van der Waals surface area contributed by atoms with Crippen LogP contribution in [-0.4, -0.2) is 68.4 Å². The Balaban J connectivity index is 0.000000246. The number of carboxylic acid groups (broad SMARTS) is 1. The molecular weight excluding hydrogens is 306 g/mol. The van der Waals surface area contributed by atoms with Crippen LogP contribution < -0.4 is 20.9 Å². The van der Waals surface area contributed by atoms with Crippen molar-refractivity contribution in [1.82, 2.24) is 20.9 Å². The molecule has 1 aromatic rings. The van der Waals surface area contributed by atoms with E-state index in [4.69, 9.17) is 16.7 Å². The molecule has 22 heavy (non-hydrogen) atoms. The highest BCUT2D eigenvalue weighted by molar-refractivity contribution is 6.33. The molecule has 4 N–H and O–H groups in total. The predicted octanol–water partition coefficient (Wildman–Crippen LogP) is 0.0220. The molecule has 8 heteroatoms. The van der Waals surface area contributed by atoms with Crippen molar-refractivity contribution in [2.75, 3.05) is 57.3 Å². The van der Waals surface area contributed by atoms with Crippen LogP contribution in [0, 0.1) is 0 Å². The Morgan fingerprint density at radius 2 is 1.64 bits per heavy atom. The first kappa shape index (κ1) is 17.0. The molecule has 0 bridgehead atoms. The number of hydrogen-bond donors (Lipinski definition) is 4. The lowest BCUT2D eigenvalue weighted by molar-refractivity contribution is 0.0696. The van der Waals surface area contributed by atoms with Crippen LogP contribution in [0.25, 0.3) is 0 Å². The fraction of sp³-hybridized carbons (Fsp3) is 0.571. The molecule has 122 valence electrons. The highest BCUT2D eigenvalue weighted by atomic mass is 35.5. The SMILES string of the molecule is C1CNCCN1.O=C(O)c1cnc(N2CCNCC2)c(Cl)c1. The Kier molecular flexibility index (Phi) is 6.85. The summed E-state index contributed by atoms with van der Waals surface area (Å²) in [6.07, 6.45) is 1.34. The van der Waals surface area contributed by atoms with Crippen LogP contribution in [0.4, 0.5) is 5.82 Å². The first-order chi connectivity index (χ1) is 10.7. The number of hydrogen-bond acceptors (Lipinski definition) is 6. The van der Waals surface area contributed by atoms with Crippen LogP contribution in [0.1, 0.15) is 10.4 Å². The van der Waals surface area contributed by atoms with Gasteiger partial charge in [-0.05, 0) is 6.07 Å². The van der Waals surface area contributed by atoms with Gasteiger partial charge in [0.15, 0.2) is 0 Å². The molecule has 0 spiro atoms. The van der Waals surface area contributed by atoms with Gasteiger partial charge in [-0.2, -0.15) is 0 Å². The third kappa shape index (κ3) is 5.10. The molecule has 7 nitrogen and oxygen atoms in total. The highest BCUT2D eigenvalue weighted by Gasteiger charge is 2.16. The molecule has 3 heterocycles. The molecule has 2 fully saturated rings. The minimum atomic E-state index is -1.01. The van der Waals surface area contributed by atoms with Gasteiger partial charge in [-0.3, -0.25) is 0 Å². The lowest BCUT2D eigenvalue weighted by Crippen LogP contribution is -2.44. The van der Waals surface area contributed by atoms with Crippen LogP contribution in [0.15, 0.2) is 12.3 Å². The van der Waals surface area contributed by atoms with E-state index in [1.807, 2.05) is 4.90 Å². The number of pyridine rings is 1. The van der Waals surface area contributed by atoms with Gasteiger partial charge in [-0.25, -0.2) is 9.78 Å². The van der Waals surface area contributed by atoms with Crippen molar-refractivity contribution in [2.45, 2.75) is 0 Å². The van der Waals surface area contributed by atoms with Gasteiger partial charge in [0.05, 0.1) is 10.6 Å². The number of carboxylic acids is 1. The lowest BCUT2D eigenvalue weighted by atomic mass is 10.2. The molecule has 0 saturated carbocycles. The fourth-order valence-corrected chi connectivity index (χ4v) is 2.55. The Labute approximate surface area is 135 Å². The van der Waals surface area contributed by atoms with Crippen molar-refractivity contribution in [1.29, 1.82) is 0 Å². The summed E-state index contributed by atoms with van der Waals surface area (Å²) < 4.78 is 0. The fourth-order valence-electron chi connectivity index (χ4n) is 2.26. The standard InChI is InChI=1S/C10H12ClN3O2.C4H10N2/c11-8-5-7(10(15)16)6-13-9(8)14-3-1-12-2-4-14;1-2-6-4-3-5-1/h5-6,12H,1-4H2,(H,15,16);5-6H,1-4H2. The highest BCUT2D eigenvalue weighted by Crippen LogP contribution is 2.24. The van der Waals surface area contributed by atoms with E-state index in [1.165, 1.54) is 12.3 Å². The van der Waals surface area contributed by atoms with E-state index in [2.05, 4.69) is 20.9 Å². The molecule has 0 aromatic carbocycles. The van der Waals surface area contributed by atoms with Gasteiger partial charge in [-0.1, -0.05) is 11.6 Å². The number of nitrogens with zero attached hydrogens (tertiary/aromatic N) is 2. The Hall–Kier alpha value is -1.41. The summed E-state index contributed by atoms with van der Waals surface area (Å²) in [6.45, 7) is 8.00. The third-order valence-corrected chi connectivity index (χ3v) is 3.72. The molecule has 0 amide bonds. The number of nitrogens with one attached hydrogen (secondary N) is 3. The summed E-state index contributed by atoms with van der Waals surface area (Å²) in [5, 5.41) is 18.9. The summed E-state index contributed by atoms with van der Waals surface area (Å²) in [5.74, 6) is -0.352. The number of carbonyl (C=O) groups is 1. The number of piperazine rings is 2. The van der Waals surface area contributed by atoms with E-state index in [-0.39, 0.29) is 5.56 Å². The smallest absolute Gasteiger partial charge is 0.337 e. The van der Waals surface area contributed by atoms with Crippen LogP contribution >= 0.6 is 11.6 Å². The van der Waals surface area contributed by atoms with E-state index in [1.54, 1.807) is 0 Å². The largest absolute Gasteiger partial charge is 0.478 e. The average molecular weight is 328 g/mol. The van der Waals surface area contributed by atoms with E-state index in [9.17, 15) is 4.79 Å². The third-order valence-electron chi connectivity index (χ3n) is 3.44. The molecule has 2 saturated heterocycles. The molecular formula is C14H22ClN5O2. The van der Waals surface area contributed by atoms with Crippen molar-refractivity contribution in [2.24, 2.45) is 0 Å². The maximum absolute atomic E-state index is 10.7. The van der Waals surface area contributed by atoms with Crippen molar-refractivity contribution in [3.63, 3.8) is 0 Å². The maximum Gasteiger partial charge on any atom is 0.337 e. The molecule has 3 rings (SSSR count). The second-order valence-electron chi connectivity index (χ2n) is 5.07. The van der Waals surface area contributed by atoms with Crippen molar-refractivity contribution in [3.8, 4) is 0 Å². The van der Waals surface area contributed by atoms with E-state index in [0.29, 0.717) is 10.8 Å². The number of anilines is 1. The second kappa shape index (κ2) is 8.89. The molecule has 0 radical (unpaired) electrons. The van der Waals surface area contributed by atoms with Crippen molar-refractivity contribution < 1.29 is 9.90 Å². The quantitative estimate of drug-likeness (QED) is 0.609. The van der Waals surface area contributed by atoms with Crippen molar-refractivity contribution >= 4 is 23.4 Å². The first-order valence-corrected chi connectivity index (χ1v) is 7.82. The Morgan fingerprint density at radius 3 is 2.09 bits per heavy atom.